The van der Waals surface area contributed by atoms with Gasteiger partial charge < -0.3 is 4.90 Å². The van der Waals surface area contributed by atoms with E-state index in [-0.39, 0.29) is 0 Å². The van der Waals surface area contributed by atoms with Crippen LogP contribution in [0.4, 0.5) is 5.69 Å². The van der Waals surface area contributed by atoms with Crippen molar-refractivity contribution in [2.45, 2.75) is 13.5 Å². The number of halogens is 1. The number of hydrogen-bond donors (Lipinski definition) is 0. The van der Waals surface area contributed by atoms with Gasteiger partial charge in [-0.3, -0.25) is 9.88 Å². The molecule has 1 saturated heterocycles. The standard InChI is InChI=1S/C17H20BrN3/c1-14-3-2-4-17(11-14)21-9-7-20(8-10-21)13-16-6-5-15(18)12-19-16/h2-6,11-12H,7-10,13H2,1H3. The number of benzene rings is 1. The van der Waals surface area contributed by atoms with Crippen molar-refractivity contribution in [2.24, 2.45) is 0 Å². The lowest BCUT2D eigenvalue weighted by molar-refractivity contribution is 0.247. The Balaban J connectivity index is 1.56. The smallest absolute Gasteiger partial charge is 0.0544 e. The molecular formula is C17H20BrN3. The van der Waals surface area contributed by atoms with Gasteiger partial charge in [0.05, 0.1) is 5.69 Å². The fourth-order valence-electron chi connectivity index (χ4n) is 2.72. The van der Waals surface area contributed by atoms with Gasteiger partial charge in [0.2, 0.25) is 0 Å². The molecule has 1 aromatic heterocycles. The highest BCUT2D eigenvalue weighted by atomic mass is 79.9. The van der Waals surface area contributed by atoms with Crippen LogP contribution in [0.5, 0.6) is 0 Å². The quantitative estimate of drug-likeness (QED) is 0.848. The molecule has 0 atom stereocenters. The fourth-order valence-corrected chi connectivity index (χ4v) is 2.95. The summed E-state index contributed by atoms with van der Waals surface area (Å²) in [4.78, 5) is 9.40. The largest absolute Gasteiger partial charge is 0.369 e. The van der Waals surface area contributed by atoms with E-state index in [0.29, 0.717) is 0 Å². The average molecular weight is 346 g/mol. The molecule has 0 bridgehead atoms. The molecule has 110 valence electrons. The molecule has 1 aromatic carbocycles. The summed E-state index contributed by atoms with van der Waals surface area (Å²) < 4.78 is 1.04. The molecule has 2 aromatic rings. The van der Waals surface area contributed by atoms with Gasteiger partial charge in [-0.2, -0.15) is 0 Å². The summed E-state index contributed by atoms with van der Waals surface area (Å²) in [5, 5.41) is 0. The van der Waals surface area contributed by atoms with Crippen molar-refractivity contribution in [3.63, 3.8) is 0 Å². The maximum Gasteiger partial charge on any atom is 0.0544 e. The highest BCUT2D eigenvalue weighted by Crippen LogP contribution is 2.18. The van der Waals surface area contributed by atoms with Gasteiger partial charge in [0, 0.05) is 49.1 Å². The minimum Gasteiger partial charge on any atom is -0.369 e. The molecule has 4 heteroatoms. The number of aromatic nitrogens is 1. The van der Waals surface area contributed by atoms with Crippen LogP contribution < -0.4 is 4.90 Å². The molecule has 3 rings (SSSR count). The van der Waals surface area contributed by atoms with Crippen LogP contribution in [-0.4, -0.2) is 36.1 Å². The van der Waals surface area contributed by atoms with Gasteiger partial charge in [0.25, 0.3) is 0 Å². The summed E-state index contributed by atoms with van der Waals surface area (Å²) in [6.07, 6.45) is 1.87. The molecule has 1 aliphatic rings. The van der Waals surface area contributed by atoms with Gasteiger partial charge in [-0.05, 0) is 52.7 Å². The second-order valence-corrected chi connectivity index (χ2v) is 6.49. The number of anilines is 1. The van der Waals surface area contributed by atoms with Gasteiger partial charge >= 0.3 is 0 Å². The first-order valence-corrected chi connectivity index (χ1v) is 8.14. The highest BCUT2D eigenvalue weighted by Gasteiger charge is 2.17. The van der Waals surface area contributed by atoms with E-state index in [1.165, 1.54) is 11.3 Å². The molecule has 1 aliphatic heterocycles. The van der Waals surface area contributed by atoms with E-state index >= 15 is 0 Å². The van der Waals surface area contributed by atoms with Crippen molar-refractivity contribution in [3.8, 4) is 0 Å². The van der Waals surface area contributed by atoms with Gasteiger partial charge in [0.15, 0.2) is 0 Å². The summed E-state index contributed by atoms with van der Waals surface area (Å²) in [6.45, 7) is 7.44. The Morgan fingerprint density at radius 3 is 2.57 bits per heavy atom. The van der Waals surface area contributed by atoms with Crippen LogP contribution in [0, 0.1) is 6.92 Å². The summed E-state index contributed by atoms with van der Waals surface area (Å²) in [5.41, 5.74) is 3.81. The number of piperazine rings is 1. The van der Waals surface area contributed by atoms with Crippen molar-refractivity contribution in [3.05, 3.63) is 58.3 Å². The first-order chi connectivity index (χ1) is 10.2. The van der Waals surface area contributed by atoms with Gasteiger partial charge in [0.1, 0.15) is 0 Å². The zero-order chi connectivity index (χ0) is 14.7. The summed E-state index contributed by atoms with van der Waals surface area (Å²) in [7, 11) is 0. The topological polar surface area (TPSA) is 19.4 Å². The third-order valence-electron chi connectivity index (χ3n) is 3.91. The highest BCUT2D eigenvalue weighted by molar-refractivity contribution is 9.10. The molecule has 0 spiro atoms. The van der Waals surface area contributed by atoms with Crippen LogP contribution in [0.15, 0.2) is 47.1 Å². The first kappa shape index (κ1) is 14.5. The summed E-state index contributed by atoms with van der Waals surface area (Å²) in [6, 6.07) is 12.9. The van der Waals surface area contributed by atoms with Crippen LogP contribution >= 0.6 is 15.9 Å². The number of rotatable bonds is 3. The van der Waals surface area contributed by atoms with Crippen molar-refractivity contribution >= 4 is 21.6 Å². The number of pyridine rings is 1. The number of nitrogens with zero attached hydrogens (tertiary/aromatic N) is 3. The van der Waals surface area contributed by atoms with Crippen molar-refractivity contribution < 1.29 is 0 Å². The Hall–Kier alpha value is -1.39. The van der Waals surface area contributed by atoms with Crippen LogP contribution in [0.25, 0.3) is 0 Å². The molecular weight excluding hydrogens is 326 g/mol. The second kappa shape index (κ2) is 6.58. The van der Waals surface area contributed by atoms with E-state index in [9.17, 15) is 0 Å². The predicted molar refractivity (Wildman–Crippen MR) is 90.6 cm³/mol. The Morgan fingerprint density at radius 1 is 1.10 bits per heavy atom. The van der Waals surface area contributed by atoms with Crippen molar-refractivity contribution in [1.82, 2.24) is 9.88 Å². The Morgan fingerprint density at radius 2 is 1.90 bits per heavy atom. The van der Waals surface area contributed by atoms with E-state index in [0.717, 1.165) is 42.9 Å². The average Bonchev–Trinajstić information content (AvgIpc) is 2.50. The van der Waals surface area contributed by atoms with Crippen molar-refractivity contribution in [2.75, 3.05) is 31.1 Å². The molecule has 0 saturated carbocycles. The fraction of sp³-hybridized carbons (Fsp3) is 0.353. The van der Waals surface area contributed by atoms with Crippen molar-refractivity contribution in [1.29, 1.82) is 0 Å². The minimum absolute atomic E-state index is 0.939. The Bertz CT molecular complexity index is 589. The maximum atomic E-state index is 4.46. The van der Waals surface area contributed by atoms with E-state index in [4.69, 9.17) is 0 Å². The molecule has 21 heavy (non-hydrogen) atoms. The maximum absolute atomic E-state index is 4.46. The molecule has 0 N–H and O–H groups in total. The van der Waals surface area contributed by atoms with E-state index < -0.39 is 0 Å². The predicted octanol–water partition coefficient (Wildman–Crippen LogP) is 3.47. The van der Waals surface area contributed by atoms with E-state index in [1.807, 2.05) is 6.20 Å². The van der Waals surface area contributed by atoms with E-state index in [1.54, 1.807) is 0 Å². The zero-order valence-corrected chi connectivity index (χ0v) is 13.9. The van der Waals surface area contributed by atoms with Crippen LogP contribution in [0.1, 0.15) is 11.3 Å². The molecule has 3 nitrogen and oxygen atoms in total. The normalized spacial score (nSPS) is 16.2. The molecule has 2 heterocycles. The van der Waals surface area contributed by atoms with Crippen LogP contribution in [0.2, 0.25) is 0 Å². The molecule has 0 unspecified atom stereocenters. The van der Waals surface area contributed by atoms with Gasteiger partial charge in [-0.25, -0.2) is 0 Å². The molecule has 0 radical (unpaired) electrons. The molecule has 1 fully saturated rings. The Kier molecular flexibility index (Phi) is 4.56. The molecule has 0 amide bonds. The lowest BCUT2D eigenvalue weighted by atomic mass is 10.2. The second-order valence-electron chi connectivity index (χ2n) is 5.57. The lowest BCUT2D eigenvalue weighted by Gasteiger charge is -2.36. The van der Waals surface area contributed by atoms with Gasteiger partial charge in [-0.1, -0.05) is 12.1 Å². The lowest BCUT2D eigenvalue weighted by Crippen LogP contribution is -2.46. The van der Waals surface area contributed by atoms with Crippen LogP contribution in [-0.2, 0) is 6.54 Å². The summed E-state index contributed by atoms with van der Waals surface area (Å²) >= 11 is 3.43. The summed E-state index contributed by atoms with van der Waals surface area (Å²) in [5.74, 6) is 0. The zero-order valence-electron chi connectivity index (χ0n) is 12.3. The minimum atomic E-state index is 0.939. The Labute approximate surface area is 134 Å². The van der Waals surface area contributed by atoms with Crippen LogP contribution in [0.3, 0.4) is 0 Å². The monoisotopic (exact) mass is 345 g/mol. The molecule has 0 aliphatic carbocycles. The number of aryl methyl sites for hydroxylation is 1. The third kappa shape index (κ3) is 3.83. The van der Waals surface area contributed by atoms with E-state index in [2.05, 4.69) is 74.0 Å². The SMILES string of the molecule is Cc1cccc(N2CCN(Cc3ccc(Br)cn3)CC2)c1. The van der Waals surface area contributed by atoms with Gasteiger partial charge in [-0.15, -0.1) is 0 Å². The number of hydrogen-bond acceptors (Lipinski definition) is 3. The third-order valence-corrected chi connectivity index (χ3v) is 4.38. The first-order valence-electron chi connectivity index (χ1n) is 7.35.